The van der Waals surface area contributed by atoms with Crippen LogP contribution in [-0.2, 0) is 0 Å². The Kier molecular flexibility index (Phi) is 5.35. The Balaban J connectivity index is 0.000000606. The highest BCUT2D eigenvalue weighted by Gasteiger charge is 1.91. The summed E-state index contributed by atoms with van der Waals surface area (Å²) in [6, 6.07) is 15.0. The monoisotopic (exact) mass is 212 g/mol. The molecular formula is C16H20. The lowest BCUT2D eigenvalue weighted by Crippen LogP contribution is -1.74. The Bertz CT molecular complexity index is 452. The zero-order chi connectivity index (χ0) is 11.8. The first kappa shape index (κ1) is 12.5. The Labute approximate surface area is 98.6 Å². The van der Waals surface area contributed by atoms with Crippen molar-refractivity contribution in [2.75, 3.05) is 0 Å². The molecule has 84 valence electrons. The van der Waals surface area contributed by atoms with Gasteiger partial charge in [-0.1, -0.05) is 69.3 Å². The maximum Gasteiger partial charge on any atom is -0.0178 e. The van der Waals surface area contributed by atoms with Crippen LogP contribution in [0.15, 0.2) is 48.5 Å². The van der Waals surface area contributed by atoms with E-state index in [0.717, 1.165) is 6.42 Å². The van der Waals surface area contributed by atoms with Gasteiger partial charge in [-0.3, -0.25) is 0 Å². The quantitative estimate of drug-likeness (QED) is 0.634. The summed E-state index contributed by atoms with van der Waals surface area (Å²) in [5.41, 5.74) is 1.28. The zero-order valence-corrected chi connectivity index (χ0v) is 10.4. The molecule has 2 aromatic rings. The van der Waals surface area contributed by atoms with Gasteiger partial charge in [0.2, 0.25) is 0 Å². The molecule has 0 spiro atoms. The van der Waals surface area contributed by atoms with Crippen molar-refractivity contribution in [3.63, 3.8) is 0 Å². The molecule has 0 radical (unpaired) electrons. The summed E-state index contributed by atoms with van der Waals surface area (Å²) in [5.74, 6) is 0. The topological polar surface area (TPSA) is 0 Å². The number of hydrogen-bond acceptors (Lipinski definition) is 0. The predicted octanol–water partition coefficient (Wildman–Crippen LogP) is 5.29. The van der Waals surface area contributed by atoms with E-state index in [1.54, 1.807) is 0 Å². The van der Waals surface area contributed by atoms with Crippen LogP contribution >= 0.6 is 0 Å². The van der Waals surface area contributed by atoms with Crippen LogP contribution in [0, 0.1) is 0 Å². The minimum atomic E-state index is 1.09. The molecule has 0 nitrogen and oxygen atoms in total. The molecule has 0 aliphatic carbocycles. The smallest absolute Gasteiger partial charge is 0.0178 e. The highest BCUT2D eigenvalue weighted by atomic mass is 14.0. The molecule has 0 atom stereocenters. The van der Waals surface area contributed by atoms with Gasteiger partial charge in [0, 0.05) is 0 Å². The summed E-state index contributed by atoms with van der Waals surface area (Å²) in [6.45, 7) is 6.15. The SMILES string of the molecule is CC.CC/C=C\c1ccc2ccccc2c1. The summed E-state index contributed by atoms with van der Waals surface area (Å²) in [5, 5.41) is 2.62. The van der Waals surface area contributed by atoms with E-state index >= 15 is 0 Å². The van der Waals surface area contributed by atoms with Gasteiger partial charge >= 0.3 is 0 Å². The Hall–Kier alpha value is -1.56. The van der Waals surface area contributed by atoms with E-state index in [1.165, 1.54) is 16.3 Å². The summed E-state index contributed by atoms with van der Waals surface area (Å²) in [6.07, 6.45) is 5.45. The molecule has 0 saturated heterocycles. The number of fused-ring (bicyclic) bond motifs is 1. The second-order valence-electron chi connectivity index (χ2n) is 3.42. The Morgan fingerprint density at radius 2 is 1.62 bits per heavy atom. The molecule has 0 bridgehead atoms. The summed E-state index contributed by atoms with van der Waals surface area (Å²) in [4.78, 5) is 0. The third kappa shape index (κ3) is 3.23. The zero-order valence-electron chi connectivity index (χ0n) is 10.4. The maximum atomic E-state index is 2.22. The highest BCUT2D eigenvalue weighted by molar-refractivity contribution is 5.84. The normalized spacial score (nSPS) is 10.2. The molecule has 0 saturated carbocycles. The Morgan fingerprint density at radius 3 is 2.31 bits per heavy atom. The fourth-order valence-electron chi connectivity index (χ4n) is 1.57. The molecular weight excluding hydrogens is 192 g/mol. The van der Waals surface area contributed by atoms with E-state index in [0.29, 0.717) is 0 Å². The lowest BCUT2D eigenvalue weighted by Gasteiger charge is -1.98. The van der Waals surface area contributed by atoms with E-state index < -0.39 is 0 Å². The van der Waals surface area contributed by atoms with E-state index in [2.05, 4.69) is 61.5 Å². The molecule has 0 heterocycles. The lowest BCUT2D eigenvalue weighted by atomic mass is 10.1. The Morgan fingerprint density at radius 1 is 0.938 bits per heavy atom. The molecule has 0 fully saturated rings. The van der Waals surface area contributed by atoms with Crippen LogP contribution in [0.25, 0.3) is 16.8 Å². The van der Waals surface area contributed by atoms with Crippen molar-refractivity contribution in [1.29, 1.82) is 0 Å². The molecule has 0 N–H and O–H groups in total. The van der Waals surface area contributed by atoms with Crippen molar-refractivity contribution < 1.29 is 0 Å². The number of benzene rings is 2. The van der Waals surface area contributed by atoms with Crippen molar-refractivity contribution in [2.24, 2.45) is 0 Å². The molecule has 0 aromatic heterocycles. The van der Waals surface area contributed by atoms with Gasteiger partial charge < -0.3 is 0 Å². The average molecular weight is 212 g/mol. The summed E-state index contributed by atoms with van der Waals surface area (Å²) < 4.78 is 0. The predicted molar refractivity (Wildman–Crippen MR) is 74.6 cm³/mol. The largest absolute Gasteiger partial charge is 0.0842 e. The third-order valence-corrected chi connectivity index (χ3v) is 2.32. The first-order valence-electron chi connectivity index (χ1n) is 6.05. The average Bonchev–Trinajstić information content (AvgIpc) is 2.38. The van der Waals surface area contributed by atoms with Gasteiger partial charge in [0.1, 0.15) is 0 Å². The van der Waals surface area contributed by atoms with Gasteiger partial charge in [-0.15, -0.1) is 0 Å². The van der Waals surface area contributed by atoms with Crippen LogP contribution in [0.2, 0.25) is 0 Å². The molecule has 0 unspecified atom stereocenters. The fraction of sp³-hybridized carbons (Fsp3) is 0.250. The number of allylic oxidation sites excluding steroid dienone is 1. The van der Waals surface area contributed by atoms with E-state index in [1.807, 2.05) is 13.8 Å². The molecule has 2 rings (SSSR count). The molecule has 0 heteroatoms. The van der Waals surface area contributed by atoms with Gasteiger partial charge in [0.05, 0.1) is 0 Å². The van der Waals surface area contributed by atoms with Crippen molar-refractivity contribution in [3.8, 4) is 0 Å². The van der Waals surface area contributed by atoms with Crippen molar-refractivity contribution in [2.45, 2.75) is 27.2 Å². The van der Waals surface area contributed by atoms with Gasteiger partial charge in [0.25, 0.3) is 0 Å². The fourth-order valence-corrected chi connectivity index (χ4v) is 1.57. The standard InChI is InChI=1S/C14H14.C2H6/c1-2-3-6-12-9-10-13-7-4-5-8-14(13)11-12;1-2/h3-11H,2H2,1H3;1-2H3/b6-3-;. The van der Waals surface area contributed by atoms with Gasteiger partial charge in [0.15, 0.2) is 0 Å². The van der Waals surface area contributed by atoms with Crippen molar-refractivity contribution in [3.05, 3.63) is 54.1 Å². The van der Waals surface area contributed by atoms with Crippen LogP contribution in [0.4, 0.5) is 0 Å². The molecule has 0 aliphatic heterocycles. The second kappa shape index (κ2) is 6.84. The highest BCUT2D eigenvalue weighted by Crippen LogP contribution is 2.16. The first-order valence-corrected chi connectivity index (χ1v) is 6.05. The van der Waals surface area contributed by atoms with Crippen LogP contribution in [-0.4, -0.2) is 0 Å². The van der Waals surface area contributed by atoms with Gasteiger partial charge in [-0.2, -0.15) is 0 Å². The minimum Gasteiger partial charge on any atom is -0.0842 e. The van der Waals surface area contributed by atoms with Crippen molar-refractivity contribution in [1.82, 2.24) is 0 Å². The van der Waals surface area contributed by atoms with E-state index in [-0.39, 0.29) is 0 Å². The molecule has 2 aromatic carbocycles. The lowest BCUT2D eigenvalue weighted by molar-refractivity contribution is 1.23. The second-order valence-corrected chi connectivity index (χ2v) is 3.42. The molecule has 0 aliphatic rings. The molecule has 16 heavy (non-hydrogen) atoms. The van der Waals surface area contributed by atoms with Crippen LogP contribution in [0.1, 0.15) is 32.8 Å². The van der Waals surface area contributed by atoms with E-state index in [9.17, 15) is 0 Å². The third-order valence-electron chi connectivity index (χ3n) is 2.32. The molecule has 0 amide bonds. The van der Waals surface area contributed by atoms with Crippen molar-refractivity contribution >= 4 is 16.8 Å². The maximum absolute atomic E-state index is 2.22. The first-order chi connectivity index (χ1) is 7.90. The van der Waals surface area contributed by atoms with Gasteiger partial charge in [-0.25, -0.2) is 0 Å². The van der Waals surface area contributed by atoms with Crippen LogP contribution < -0.4 is 0 Å². The van der Waals surface area contributed by atoms with Crippen LogP contribution in [0.5, 0.6) is 0 Å². The summed E-state index contributed by atoms with van der Waals surface area (Å²) >= 11 is 0. The number of hydrogen-bond donors (Lipinski definition) is 0. The van der Waals surface area contributed by atoms with Gasteiger partial charge in [-0.05, 0) is 28.8 Å². The summed E-state index contributed by atoms with van der Waals surface area (Å²) in [7, 11) is 0. The van der Waals surface area contributed by atoms with Crippen LogP contribution in [0.3, 0.4) is 0 Å². The number of rotatable bonds is 2. The van der Waals surface area contributed by atoms with E-state index in [4.69, 9.17) is 0 Å². The minimum absolute atomic E-state index is 1.09.